The van der Waals surface area contributed by atoms with Gasteiger partial charge in [0.2, 0.25) is 0 Å². The van der Waals surface area contributed by atoms with E-state index >= 15 is 0 Å². The Bertz CT molecular complexity index is 1440. The standard InChI is InChI=1S/C30H29N3O2/c1-2-31-27-12-6-7-13-28(27)32(20-30(34)35)29(31)18-16-21-15-17-26-24(19-21)23-11-8-14-25(23)33(26)22-9-4-3-5-10-22/h3-7,9-10,12-13,15-19,23,25H,2,8,11,14,20H2,1H3/p+1. The van der Waals surface area contributed by atoms with Crippen molar-refractivity contribution >= 4 is 40.5 Å². The van der Waals surface area contributed by atoms with Gasteiger partial charge in [0.1, 0.15) is 0 Å². The number of carboxylic acid groups (broad SMARTS) is 1. The van der Waals surface area contributed by atoms with E-state index < -0.39 is 5.97 Å². The van der Waals surface area contributed by atoms with Crippen molar-refractivity contribution in [3.05, 3.63) is 89.7 Å². The highest BCUT2D eigenvalue weighted by Gasteiger charge is 2.42. The lowest BCUT2D eigenvalue weighted by Gasteiger charge is -2.27. The van der Waals surface area contributed by atoms with E-state index in [1.54, 1.807) is 0 Å². The molecule has 5 heteroatoms. The van der Waals surface area contributed by atoms with Crippen LogP contribution in [-0.4, -0.2) is 21.7 Å². The molecule has 0 radical (unpaired) electrons. The van der Waals surface area contributed by atoms with Gasteiger partial charge in [-0.05, 0) is 73.4 Å². The molecule has 6 rings (SSSR count). The third-order valence-electron chi connectivity index (χ3n) is 7.61. The van der Waals surface area contributed by atoms with Gasteiger partial charge >= 0.3 is 5.97 Å². The van der Waals surface area contributed by atoms with Crippen LogP contribution in [0, 0.1) is 0 Å². The van der Waals surface area contributed by atoms with Crippen LogP contribution in [0.2, 0.25) is 0 Å². The summed E-state index contributed by atoms with van der Waals surface area (Å²) in [6, 6.07) is 26.1. The Kier molecular flexibility index (Phi) is 5.40. The minimum atomic E-state index is -0.838. The van der Waals surface area contributed by atoms with Crippen LogP contribution in [0.1, 0.15) is 49.1 Å². The first-order chi connectivity index (χ1) is 17.2. The number of hydrogen-bond acceptors (Lipinski definition) is 2. The lowest BCUT2D eigenvalue weighted by molar-refractivity contribution is -0.662. The van der Waals surface area contributed by atoms with Crippen molar-refractivity contribution in [2.45, 2.75) is 51.2 Å². The number of carbonyl (C=O) groups is 1. The molecule has 1 saturated carbocycles. The number of imidazole rings is 1. The molecule has 2 aliphatic rings. The number of para-hydroxylation sites is 3. The average Bonchev–Trinajstić information content (AvgIpc) is 3.54. The molecule has 1 fully saturated rings. The number of nitrogens with zero attached hydrogens (tertiary/aromatic N) is 3. The largest absolute Gasteiger partial charge is 0.478 e. The summed E-state index contributed by atoms with van der Waals surface area (Å²) in [6.07, 6.45) is 7.93. The number of carboxylic acids is 1. The van der Waals surface area contributed by atoms with E-state index in [2.05, 4.69) is 83.1 Å². The van der Waals surface area contributed by atoms with Crippen molar-refractivity contribution in [2.75, 3.05) is 4.90 Å². The number of hydrogen-bond donors (Lipinski definition) is 1. The van der Waals surface area contributed by atoms with Gasteiger partial charge < -0.3 is 10.0 Å². The maximum Gasteiger partial charge on any atom is 0.346 e. The molecule has 1 aliphatic carbocycles. The van der Waals surface area contributed by atoms with E-state index in [-0.39, 0.29) is 6.54 Å². The zero-order chi connectivity index (χ0) is 23.9. The second-order valence-corrected chi connectivity index (χ2v) is 9.53. The van der Waals surface area contributed by atoms with Gasteiger partial charge in [-0.1, -0.05) is 42.8 Å². The van der Waals surface area contributed by atoms with Crippen molar-refractivity contribution in [2.24, 2.45) is 0 Å². The van der Waals surface area contributed by atoms with Crippen LogP contribution < -0.4 is 9.47 Å². The molecule has 1 aliphatic heterocycles. The molecule has 1 N–H and O–H groups in total. The first-order valence-corrected chi connectivity index (χ1v) is 12.5. The lowest BCUT2D eigenvalue weighted by atomic mass is 9.96. The number of aliphatic carboxylic acids is 1. The highest BCUT2D eigenvalue weighted by Crippen LogP contribution is 2.52. The van der Waals surface area contributed by atoms with Gasteiger partial charge in [0.25, 0.3) is 5.82 Å². The molecule has 3 aromatic carbocycles. The fraction of sp³-hybridized carbons (Fsp3) is 0.267. The van der Waals surface area contributed by atoms with Crippen molar-refractivity contribution in [1.29, 1.82) is 0 Å². The number of rotatable bonds is 6. The zero-order valence-electron chi connectivity index (χ0n) is 20.0. The van der Waals surface area contributed by atoms with E-state index in [1.807, 2.05) is 22.8 Å². The summed E-state index contributed by atoms with van der Waals surface area (Å²) in [5.74, 6) is 0.633. The number of aryl methyl sites for hydroxylation is 1. The summed E-state index contributed by atoms with van der Waals surface area (Å²) in [4.78, 5) is 14.2. The highest BCUT2D eigenvalue weighted by molar-refractivity contribution is 5.79. The molecule has 0 amide bonds. The van der Waals surface area contributed by atoms with Crippen molar-refractivity contribution in [1.82, 2.24) is 4.57 Å². The maximum atomic E-state index is 11.7. The number of anilines is 2. The second-order valence-electron chi connectivity index (χ2n) is 9.53. The Hall–Kier alpha value is -3.86. The third kappa shape index (κ3) is 3.63. The average molecular weight is 465 g/mol. The number of fused-ring (bicyclic) bond motifs is 4. The Morgan fingerprint density at radius 3 is 2.63 bits per heavy atom. The van der Waals surface area contributed by atoms with E-state index in [0.29, 0.717) is 12.0 Å². The topological polar surface area (TPSA) is 49.4 Å². The lowest BCUT2D eigenvalue weighted by Crippen LogP contribution is -2.40. The SMILES string of the molecule is CCn1c(/C=C/c2ccc3c(c2)C2CCCC2N3c2ccccc2)[n+](CC(=O)O)c2ccccc21. The molecule has 0 spiro atoms. The predicted molar refractivity (Wildman–Crippen MR) is 140 cm³/mol. The van der Waals surface area contributed by atoms with Gasteiger partial charge in [0.05, 0.1) is 6.54 Å². The quantitative estimate of drug-likeness (QED) is 0.357. The second kappa shape index (κ2) is 8.73. The zero-order valence-corrected chi connectivity index (χ0v) is 20.0. The van der Waals surface area contributed by atoms with Gasteiger partial charge in [-0.2, -0.15) is 0 Å². The van der Waals surface area contributed by atoms with Gasteiger partial charge in [-0.3, -0.25) is 0 Å². The molecule has 0 saturated heterocycles. The molecule has 0 bridgehead atoms. The maximum absolute atomic E-state index is 11.7. The van der Waals surface area contributed by atoms with E-state index in [4.69, 9.17) is 0 Å². The molecule has 5 nitrogen and oxygen atoms in total. The molecule has 2 unspecified atom stereocenters. The number of benzene rings is 3. The van der Waals surface area contributed by atoms with E-state index in [1.165, 1.54) is 36.2 Å². The minimum Gasteiger partial charge on any atom is -0.478 e. The Balaban J connectivity index is 1.41. The summed E-state index contributed by atoms with van der Waals surface area (Å²) in [5.41, 5.74) is 7.18. The van der Waals surface area contributed by atoms with Crippen LogP contribution in [0.15, 0.2) is 72.8 Å². The molecule has 4 aromatic rings. The van der Waals surface area contributed by atoms with Crippen LogP contribution in [-0.2, 0) is 17.9 Å². The summed E-state index contributed by atoms with van der Waals surface area (Å²) in [5, 5.41) is 9.57. The summed E-state index contributed by atoms with van der Waals surface area (Å²) in [6.45, 7) is 2.81. The molecule has 1 aromatic heterocycles. The fourth-order valence-corrected chi connectivity index (χ4v) is 6.20. The van der Waals surface area contributed by atoms with Gasteiger partial charge in [-0.15, -0.1) is 0 Å². The fourth-order valence-electron chi connectivity index (χ4n) is 6.20. The van der Waals surface area contributed by atoms with Gasteiger partial charge in [0, 0.05) is 29.4 Å². The van der Waals surface area contributed by atoms with Gasteiger partial charge in [-0.25, -0.2) is 13.9 Å². The van der Waals surface area contributed by atoms with Crippen LogP contribution in [0.3, 0.4) is 0 Å². The van der Waals surface area contributed by atoms with Crippen LogP contribution >= 0.6 is 0 Å². The molecule has 176 valence electrons. The van der Waals surface area contributed by atoms with E-state index in [9.17, 15) is 9.90 Å². The van der Waals surface area contributed by atoms with Gasteiger partial charge in [0.15, 0.2) is 17.6 Å². The summed E-state index contributed by atoms with van der Waals surface area (Å²) in [7, 11) is 0. The summed E-state index contributed by atoms with van der Waals surface area (Å²) < 4.78 is 4.08. The first-order valence-electron chi connectivity index (χ1n) is 12.5. The monoisotopic (exact) mass is 464 g/mol. The van der Waals surface area contributed by atoms with Crippen molar-refractivity contribution in [3.8, 4) is 0 Å². The van der Waals surface area contributed by atoms with Crippen LogP contribution in [0.5, 0.6) is 0 Å². The Morgan fingerprint density at radius 2 is 1.83 bits per heavy atom. The highest BCUT2D eigenvalue weighted by atomic mass is 16.4. The molecule has 35 heavy (non-hydrogen) atoms. The predicted octanol–water partition coefficient (Wildman–Crippen LogP) is 5.99. The van der Waals surface area contributed by atoms with Crippen molar-refractivity contribution < 1.29 is 14.5 Å². The summed E-state index contributed by atoms with van der Waals surface area (Å²) >= 11 is 0. The van der Waals surface area contributed by atoms with Crippen LogP contribution in [0.4, 0.5) is 11.4 Å². The smallest absolute Gasteiger partial charge is 0.346 e. The normalized spacial score (nSPS) is 18.9. The van der Waals surface area contributed by atoms with Crippen molar-refractivity contribution in [3.63, 3.8) is 0 Å². The third-order valence-corrected chi connectivity index (χ3v) is 7.61. The first kappa shape index (κ1) is 21.7. The molecular formula is C30H30N3O2+. The Labute approximate surface area is 205 Å². The number of aromatic nitrogens is 2. The van der Waals surface area contributed by atoms with E-state index in [0.717, 1.165) is 29.0 Å². The molecule has 2 heterocycles. The molecule has 2 atom stereocenters. The Morgan fingerprint density at radius 1 is 1.03 bits per heavy atom. The minimum absolute atomic E-state index is 0.0623. The molecular weight excluding hydrogens is 434 g/mol. The van der Waals surface area contributed by atoms with Crippen LogP contribution in [0.25, 0.3) is 23.2 Å².